The van der Waals surface area contributed by atoms with Gasteiger partial charge in [0.05, 0.1) is 0 Å². The quantitative estimate of drug-likeness (QED) is 0.884. The molecule has 1 N–H and O–H groups in total. The Balaban J connectivity index is 1.59. The molecule has 3 rings (SSSR count). The lowest BCUT2D eigenvalue weighted by Crippen LogP contribution is -2.47. The lowest BCUT2D eigenvalue weighted by molar-refractivity contribution is 0.103. The van der Waals surface area contributed by atoms with Crippen molar-refractivity contribution in [3.63, 3.8) is 0 Å². The predicted octanol–water partition coefficient (Wildman–Crippen LogP) is 1.97. The summed E-state index contributed by atoms with van der Waals surface area (Å²) in [7, 11) is 0. The highest BCUT2D eigenvalue weighted by Crippen LogP contribution is 2.23. The zero-order valence-corrected chi connectivity index (χ0v) is 11.1. The highest BCUT2D eigenvalue weighted by Gasteiger charge is 2.20. The topological polar surface area (TPSA) is 43.8 Å². The smallest absolute Gasteiger partial charge is 0.407 e. The molecule has 1 saturated heterocycles. The van der Waals surface area contributed by atoms with Crippen LogP contribution in [-0.2, 0) is 19.4 Å². The van der Waals surface area contributed by atoms with Crippen molar-refractivity contribution in [3.05, 3.63) is 34.9 Å². The molecule has 1 fully saturated rings. The molecular weight excluding hydrogens is 240 g/mol. The first-order chi connectivity index (χ1) is 9.22. The lowest BCUT2D eigenvalue weighted by atomic mass is 10.1. The van der Waals surface area contributed by atoms with Crippen LogP contribution in [0.5, 0.6) is 0 Å². The number of nitrogens with zero attached hydrogens (tertiary/aromatic N) is 2. The maximum atomic E-state index is 10.9. The van der Waals surface area contributed by atoms with Crippen molar-refractivity contribution >= 4 is 6.09 Å². The minimum Gasteiger partial charge on any atom is -0.465 e. The number of benzene rings is 1. The SMILES string of the molecule is O=C(O)N1CCN(Cc2ccc3c(c2)CCC3)CC1. The molecule has 1 heterocycles. The molecule has 0 atom stereocenters. The molecule has 4 heteroatoms. The molecule has 1 aromatic carbocycles. The fourth-order valence-electron chi connectivity index (χ4n) is 3.08. The van der Waals surface area contributed by atoms with E-state index in [0.29, 0.717) is 13.1 Å². The molecule has 1 aliphatic carbocycles. The van der Waals surface area contributed by atoms with Gasteiger partial charge in [-0.25, -0.2) is 4.79 Å². The summed E-state index contributed by atoms with van der Waals surface area (Å²) < 4.78 is 0. The van der Waals surface area contributed by atoms with E-state index in [9.17, 15) is 4.79 Å². The van der Waals surface area contributed by atoms with E-state index in [1.807, 2.05) is 0 Å². The van der Waals surface area contributed by atoms with Crippen molar-refractivity contribution in [2.24, 2.45) is 0 Å². The van der Waals surface area contributed by atoms with Crippen molar-refractivity contribution < 1.29 is 9.90 Å². The molecule has 0 saturated carbocycles. The molecule has 0 unspecified atom stereocenters. The minimum atomic E-state index is -0.794. The molecule has 0 aromatic heterocycles. The van der Waals surface area contributed by atoms with Gasteiger partial charge in [0.15, 0.2) is 0 Å². The highest BCUT2D eigenvalue weighted by molar-refractivity contribution is 5.65. The summed E-state index contributed by atoms with van der Waals surface area (Å²) in [6, 6.07) is 6.84. The number of amides is 1. The van der Waals surface area contributed by atoms with Crippen LogP contribution in [0.15, 0.2) is 18.2 Å². The lowest BCUT2D eigenvalue weighted by Gasteiger charge is -2.33. The second-order valence-electron chi connectivity index (χ2n) is 5.50. The number of hydrogen-bond acceptors (Lipinski definition) is 2. The van der Waals surface area contributed by atoms with Crippen LogP contribution >= 0.6 is 0 Å². The Bertz CT molecular complexity index is 479. The van der Waals surface area contributed by atoms with Gasteiger partial charge in [0.25, 0.3) is 0 Å². The van der Waals surface area contributed by atoms with Crippen LogP contribution in [0.1, 0.15) is 23.1 Å². The van der Waals surface area contributed by atoms with Gasteiger partial charge in [-0.05, 0) is 36.0 Å². The Hall–Kier alpha value is -1.55. The third kappa shape index (κ3) is 2.73. The van der Waals surface area contributed by atoms with Crippen molar-refractivity contribution in [2.75, 3.05) is 26.2 Å². The summed E-state index contributed by atoms with van der Waals surface area (Å²) in [5.74, 6) is 0. The number of carbonyl (C=O) groups is 1. The second kappa shape index (κ2) is 5.21. The molecular formula is C15H20N2O2. The van der Waals surface area contributed by atoms with Crippen molar-refractivity contribution in [1.29, 1.82) is 0 Å². The van der Waals surface area contributed by atoms with Gasteiger partial charge < -0.3 is 10.0 Å². The molecule has 0 radical (unpaired) electrons. The zero-order chi connectivity index (χ0) is 13.2. The fraction of sp³-hybridized carbons (Fsp3) is 0.533. The molecule has 102 valence electrons. The molecule has 4 nitrogen and oxygen atoms in total. The van der Waals surface area contributed by atoms with E-state index in [1.165, 1.54) is 40.9 Å². The van der Waals surface area contributed by atoms with Crippen LogP contribution in [0.25, 0.3) is 0 Å². The predicted molar refractivity (Wildman–Crippen MR) is 73.3 cm³/mol. The largest absolute Gasteiger partial charge is 0.465 e. The van der Waals surface area contributed by atoms with E-state index in [0.717, 1.165) is 19.6 Å². The number of carboxylic acid groups (broad SMARTS) is 1. The molecule has 0 bridgehead atoms. The molecule has 1 aromatic rings. The minimum absolute atomic E-state index is 0.625. The average molecular weight is 260 g/mol. The Morgan fingerprint density at radius 2 is 1.84 bits per heavy atom. The van der Waals surface area contributed by atoms with E-state index < -0.39 is 6.09 Å². The van der Waals surface area contributed by atoms with Crippen molar-refractivity contribution in [2.45, 2.75) is 25.8 Å². The van der Waals surface area contributed by atoms with E-state index in [2.05, 4.69) is 23.1 Å². The first kappa shape index (κ1) is 12.5. The maximum absolute atomic E-state index is 10.9. The average Bonchev–Trinajstić information content (AvgIpc) is 2.87. The Kier molecular flexibility index (Phi) is 3.42. The summed E-state index contributed by atoms with van der Waals surface area (Å²) in [5, 5.41) is 8.93. The van der Waals surface area contributed by atoms with Crippen LogP contribution < -0.4 is 0 Å². The van der Waals surface area contributed by atoms with Gasteiger partial charge in [-0.1, -0.05) is 18.2 Å². The van der Waals surface area contributed by atoms with E-state index in [-0.39, 0.29) is 0 Å². The first-order valence-electron chi connectivity index (χ1n) is 7.03. The monoisotopic (exact) mass is 260 g/mol. The molecule has 19 heavy (non-hydrogen) atoms. The summed E-state index contributed by atoms with van der Waals surface area (Å²) >= 11 is 0. The van der Waals surface area contributed by atoms with Gasteiger partial charge >= 0.3 is 6.09 Å². The molecule has 0 spiro atoms. The Morgan fingerprint density at radius 1 is 1.11 bits per heavy atom. The van der Waals surface area contributed by atoms with Gasteiger partial charge in [-0.2, -0.15) is 0 Å². The number of piperazine rings is 1. The Labute approximate surface area is 113 Å². The van der Waals surface area contributed by atoms with Gasteiger partial charge in [0, 0.05) is 32.7 Å². The van der Waals surface area contributed by atoms with Gasteiger partial charge in [-0.3, -0.25) is 4.90 Å². The molecule has 1 aliphatic heterocycles. The van der Waals surface area contributed by atoms with Gasteiger partial charge in [0.2, 0.25) is 0 Å². The third-order valence-electron chi connectivity index (χ3n) is 4.21. The molecule has 2 aliphatic rings. The van der Waals surface area contributed by atoms with Gasteiger partial charge in [0.1, 0.15) is 0 Å². The summed E-state index contributed by atoms with van der Waals surface area (Å²) in [5.41, 5.74) is 4.39. The highest BCUT2D eigenvalue weighted by atomic mass is 16.4. The Morgan fingerprint density at radius 3 is 2.58 bits per heavy atom. The normalized spacial score (nSPS) is 19.5. The van der Waals surface area contributed by atoms with Crippen LogP contribution in [-0.4, -0.2) is 47.2 Å². The van der Waals surface area contributed by atoms with Crippen LogP contribution in [0.2, 0.25) is 0 Å². The van der Waals surface area contributed by atoms with Crippen molar-refractivity contribution in [3.8, 4) is 0 Å². The first-order valence-corrected chi connectivity index (χ1v) is 7.03. The standard InChI is InChI=1S/C15H20N2O2/c18-15(19)17-8-6-16(7-9-17)11-12-4-5-13-2-1-3-14(13)10-12/h4-5,10H,1-3,6-9,11H2,(H,18,19). The number of aryl methyl sites for hydroxylation is 2. The third-order valence-corrected chi connectivity index (χ3v) is 4.21. The zero-order valence-electron chi connectivity index (χ0n) is 11.1. The fourth-order valence-corrected chi connectivity index (χ4v) is 3.08. The van der Waals surface area contributed by atoms with E-state index in [1.54, 1.807) is 0 Å². The van der Waals surface area contributed by atoms with Crippen molar-refractivity contribution in [1.82, 2.24) is 9.80 Å². The van der Waals surface area contributed by atoms with E-state index in [4.69, 9.17) is 5.11 Å². The number of rotatable bonds is 2. The van der Waals surface area contributed by atoms with E-state index >= 15 is 0 Å². The van der Waals surface area contributed by atoms with Crippen LogP contribution in [0, 0.1) is 0 Å². The summed E-state index contributed by atoms with van der Waals surface area (Å²) in [4.78, 5) is 14.7. The number of fused-ring (bicyclic) bond motifs is 1. The maximum Gasteiger partial charge on any atom is 0.407 e. The number of hydrogen-bond donors (Lipinski definition) is 1. The summed E-state index contributed by atoms with van der Waals surface area (Å²) in [6.45, 7) is 3.87. The van der Waals surface area contributed by atoms with Crippen LogP contribution in [0.4, 0.5) is 4.79 Å². The van der Waals surface area contributed by atoms with Gasteiger partial charge in [-0.15, -0.1) is 0 Å². The van der Waals surface area contributed by atoms with Crippen LogP contribution in [0.3, 0.4) is 0 Å². The summed E-state index contributed by atoms with van der Waals surface area (Å²) in [6.07, 6.45) is 2.94. The second-order valence-corrected chi connectivity index (χ2v) is 5.50. The molecule has 1 amide bonds.